The zero-order chi connectivity index (χ0) is 12.7. The average Bonchev–Trinajstić information content (AvgIpc) is 2.78. The highest BCUT2D eigenvalue weighted by Gasteiger charge is 2.35. The van der Waals surface area contributed by atoms with E-state index in [-0.39, 0.29) is 11.3 Å². The molecule has 4 nitrogen and oxygen atoms in total. The predicted molar refractivity (Wildman–Crippen MR) is 68.4 cm³/mol. The van der Waals surface area contributed by atoms with Crippen LogP contribution in [0.15, 0.2) is 6.20 Å². The predicted octanol–water partition coefficient (Wildman–Crippen LogP) is 1.94. The molecule has 2 atom stereocenters. The molecule has 1 aromatic rings. The van der Waals surface area contributed by atoms with Crippen molar-refractivity contribution in [2.75, 3.05) is 24.5 Å². The highest BCUT2D eigenvalue weighted by atomic mass is 35.5. The number of hydrogen-bond donors (Lipinski definition) is 0. The minimum Gasteiger partial charge on any atom is -0.348 e. The summed E-state index contributed by atoms with van der Waals surface area (Å²) < 4.78 is 13.8. The van der Waals surface area contributed by atoms with Gasteiger partial charge in [-0.3, -0.25) is 4.90 Å². The Kier molecular flexibility index (Phi) is 3.11. The third kappa shape index (κ3) is 2.06. The van der Waals surface area contributed by atoms with Gasteiger partial charge in [0.05, 0.1) is 6.20 Å². The van der Waals surface area contributed by atoms with E-state index in [1.165, 1.54) is 12.8 Å². The van der Waals surface area contributed by atoms with E-state index in [0.717, 1.165) is 25.8 Å². The van der Waals surface area contributed by atoms with Crippen LogP contribution >= 0.6 is 11.6 Å². The summed E-state index contributed by atoms with van der Waals surface area (Å²) in [5.74, 6) is -0.0493. The Bertz CT molecular complexity index is 456. The second kappa shape index (κ2) is 4.63. The van der Waals surface area contributed by atoms with Crippen molar-refractivity contribution in [2.24, 2.45) is 0 Å². The van der Waals surface area contributed by atoms with Crippen molar-refractivity contribution in [3.05, 3.63) is 17.3 Å². The highest BCUT2D eigenvalue weighted by molar-refractivity contribution is 6.28. The Morgan fingerprint density at radius 2 is 2.28 bits per heavy atom. The van der Waals surface area contributed by atoms with E-state index in [1.54, 1.807) is 0 Å². The maximum atomic E-state index is 13.8. The Balaban J connectivity index is 1.88. The van der Waals surface area contributed by atoms with Gasteiger partial charge in [0.1, 0.15) is 0 Å². The topological polar surface area (TPSA) is 32.3 Å². The molecule has 0 aliphatic carbocycles. The summed E-state index contributed by atoms with van der Waals surface area (Å²) >= 11 is 5.77. The van der Waals surface area contributed by atoms with Gasteiger partial charge >= 0.3 is 0 Å². The molecule has 2 unspecified atom stereocenters. The van der Waals surface area contributed by atoms with Gasteiger partial charge in [-0.25, -0.2) is 9.37 Å². The van der Waals surface area contributed by atoms with Gasteiger partial charge in [0.2, 0.25) is 5.28 Å². The fourth-order valence-electron chi connectivity index (χ4n) is 3.02. The zero-order valence-corrected chi connectivity index (χ0v) is 11.1. The fourth-order valence-corrected chi connectivity index (χ4v) is 3.15. The molecule has 0 amide bonds. The minimum absolute atomic E-state index is 0.104. The Morgan fingerprint density at radius 3 is 3.11 bits per heavy atom. The van der Waals surface area contributed by atoms with E-state index in [1.807, 2.05) is 4.90 Å². The van der Waals surface area contributed by atoms with Crippen molar-refractivity contribution < 1.29 is 4.39 Å². The van der Waals surface area contributed by atoms with Crippen LogP contribution in [0.1, 0.15) is 19.8 Å². The van der Waals surface area contributed by atoms with Crippen LogP contribution in [0.25, 0.3) is 0 Å². The number of piperazine rings is 1. The molecule has 2 aliphatic rings. The quantitative estimate of drug-likeness (QED) is 0.730. The van der Waals surface area contributed by atoms with Crippen LogP contribution in [0.2, 0.25) is 5.28 Å². The molecule has 0 N–H and O–H groups in total. The fraction of sp³-hybridized carbons (Fsp3) is 0.667. The molecule has 2 saturated heterocycles. The molecule has 0 saturated carbocycles. The molecule has 0 bridgehead atoms. The van der Waals surface area contributed by atoms with Crippen LogP contribution in [-0.4, -0.2) is 46.6 Å². The molecule has 18 heavy (non-hydrogen) atoms. The Labute approximate surface area is 111 Å². The molecule has 2 aliphatic heterocycles. The summed E-state index contributed by atoms with van der Waals surface area (Å²) in [6.07, 6.45) is 3.57. The molecule has 0 radical (unpaired) electrons. The van der Waals surface area contributed by atoms with Gasteiger partial charge in [-0.05, 0) is 37.9 Å². The van der Waals surface area contributed by atoms with Crippen LogP contribution in [-0.2, 0) is 0 Å². The second-order valence-corrected chi connectivity index (χ2v) is 5.44. The van der Waals surface area contributed by atoms with E-state index in [0.29, 0.717) is 11.9 Å². The van der Waals surface area contributed by atoms with Crippen molar-refractivity contribution in [1.82, 2.24) is 14.9 Å². The van der Waals surface area contributed by atoms with Crippen LogP contribution in [0.3, 0.4) is 0 Å². The van der Waals surface area contributed by atoms with E-state index >= 15 is 0 Å². The number of fused-ring (bicyclic) bond motifs is 1. The van der Waals surface area contributed by atoms with Crippen molar-refractivity contribution in [3.8, 4) is 0 Å². The van der Waals surface area contributed by atoms with Crippen LogP contribution in [0.4, 0.5) is 10.2 Å². The molecule has 98 valence electrons. The average molecular weight is 271 g/mol. The van der Waals surface area contributed by atoms with E-state index in [2.05, 4.69) is 21.8 Å². The van der Waals surface area contributed by atoms with Crippen molar-refractivity contribution in [2.45, 2.75) is 31.8 Å². The van der Waals surface area contributed by atoms with Gasteiger partial charge in [-0.1, -0.05) is 0 Å². The van der Waals surface area contributed by atoms with Crippen molar-refractivity contribution >= 4 is 17.4 Å². The second-order valence-electron chi connectivity index (χ2n) is 5.10. The SMILES string of the molecule is CC1CN2CCCC2CN1c1nc(Cl)ncc1F. The third-order valence-corrected chi connectivity index (χ3v) is 4.09. The van der Waals surface area contributed by atoms with Gasteiger partial charge < -0.3 is 4.90 Å². The molecule has 6 heteroatoms. The lowest BCUT2D eigenvalue weighted by Crippen LogP contribution is -2.55. The Morgan fingerprint density at radius 1 is 1.44 bits per heavy atom. The first kappa shape index (κ1) is 12.1. The summed E-state index contributed by atoms with van der Waals surface area (Å²) in [5, 5.41) is 0.104. The molecule has 3 heterocycles. The van der Waals surface area contributed by atoms with Crippen LogP contribution < -0.4 is 4.90 Å². The van der Waals surface area contributed by atoms with E-state index < -0.39 is 5.82 Å². The van der Waals surface area contributed by atoms with Crippen molar-refractivity contribution in [1.29, 1.82) is 0 Å². The molecular formula is C12H16ClFN4. The first-order chi connectivity index (χ1) is 8.65. The monoisotopic (exact) mass is 270 g/mol. The summed E-state index contributed by atoms with van der Waals surface area (Å²) in [7, 11) is 0. The largest absolute Gasteiger partial charge is 0.348 e. The molecule has 0 aromatic carbocycles. The smallest absolute Gasteiger partial charge is 0.224 e. The molecule has 3 rings (SSSR count). The normalized spacial score (nSPS) is 28.5. The number of hydrogen-bond acceptors (Lipinski definition) is 4. The summed E-state index contributed by atoms with van der Waals surface area (Å²) in [6, 6.07) is 0.772. The molecule has 0 spiro atoms. The first-order valence-electron chi connectivity index (χ1n) is 6.34. The lowest BCUT2D eigenvalue weighted by molar-refractivity contribution is 0.201. The summed E-state index contributed by atoms with van der Waals surface area (Å²) in [6.45, 7) is 5.05. The lowest BCUT2D eigenvalue weighted by atomic mass is 10.1. The third-order valence-electron chi connectivity index (χ3n) is 3.91. The Hall–Kier alpha value is -0.940. The van der Waals surface area contributed by atoms with Gasteiger partial charge in [-0.2, -0.15) is 4.98 Å². The number of aromatic nitrogens is 2. The number of nitrogens with zero attached hydrogens (tertiary/aromatic N) is 4. The highest BCUT2D eigenvalue weighted by Crippen LogP contribution is 2.29. The van der Waals surface area contributed by atoms with Gasteiger partial charge in [0.25, 0.3) is 0 Å². The molecule has 2 fully saturated rings. The van der Waals surface area contributed by atoms with Gasteiger partial charge in [0, 0.05) is 25.2 Å². The zero-order valence-electron chi connectivity index (χ0n) is 10.3. The maximum absolute atomic E-state index is 13.8. The number of rotatable bonds is 1. The number of halogens is 2. The molecular weight excluding hydrogens is 255 g/mol. The minimum atomic E-state index is -0.391. The van der Waals surface area contributed by atoms with Gasteiger partial charge in [-0.15, -0.1) is 0 Å². The number of anilines is 1. The summed E-state index contributed by atoms with van der Waals surface area (Å²) in [5.41, 5.74) is 0. The van der Waals surface area contributed by atoms with Crippen LogP contribution in [0.5, 0.6) is 0 Å². The van der Waals surface area contributed by atoms with E-state index in [9.17, 15) is 4.39 Å². The maximum Gasteiger partial charge on any atom is 0.224 e. The van der Waals surface area contributed by atoms with Crippen molar-refractivity contribution in [3.63, 3.8) is 0 Å². The lowest BCUT2D eigenvalue weighted by Gasteiger charge is -2.42. The van der Waals surface area contributed by atoms with Crippen LogP contribution in [0, 0.1) is 5.82 Å². The molecule has 1 aromatic heterocycles. The first-order valence-corrected chi connectivity index (χ1v) is 6.71. The van der Waals surface area contributed by atoms with E-state index in [4.69, 9.17) is 11.6 Å². The summed E-state index contributed by atoms with van der Waals surface area (Å²) in [4.78, 5) is 12.2. The van der Waals surface area contributed by atoms with Gasteiger partial charge in [0.15, 0.2) is 11.6 Å². The standard InChI is InChI=1S/C12H16ClFN4/c1-8-6-17-4-2-3-9(17)7-18(8)11-10(14)5-15-12(13)16-11/h5,8-9H,2-4,6-7H2,1H3.